The number of ether oxygens (including phenoxy) is 2. The first-order valence-electron chi connectivity index (χ1n) is 7.93. The first-order chi connectivity index (χ1) is 10.9. The van der Waals surface area contributed by atoms with E-state index in [0.29, 0.717) is 44.0 Å². The van der Waals surface area contributed by atoms with Gasteiger partial charge in [0.1, 0.15) is 0 Å². The van der Waals surface area contributed by atoms with Crippen molar-refractivity contribution in [2.75, 3.05) is 26.3 Å². The SMILES string of the molecule is CCOc1cccc(OC[C@@H]2CC23CCN(S(N)(=O)=O)CC3)n1. The molecule has 0 bridgehead atoms. The van der Waals surface area contributed by atoms with Gasteiger partial charge in [-0.1, -0.05) is 6.07 Å². The predicted octanol–water partition coefficient (Wildman–Crippen LogP) is 1.16. The zero-order chi connectivity index (χ0) is 16.5. The predicted molar refractivity (Wildman–Crippen MR) is 85.4 cm³/mol. The van der Waals surface area contributed by atoms with Crippen molar-refractivity contribution in [3.63, 3.8) is 0 Å². The van der Waals surface area contributed by atoms with Crippen LogP contribution in [0.3, 0.4) is 0 Å². The lowest BCUT2D eigenvalue weighted by Crippen LogP contribution is -2.43. The maximum Gasteiger partial charge on any atom is 0.276 e. The molecular formula is C15H23N3O4S. The molecule has 2 N–H and O–H groups in total. The summed E-state index contributed by atoms with van der Waals surface area (Å²) in [7, 11) is -3.55. The monoisotopic (exact) mass is 341 g/mol. The smallest absolute Gasteiger partial charge is 0.276 e. The van der Waals surface area contributed by atoms with E-state index in [1.165, 1.54) is 4.31 Å². The zero-order valence-corrected chi connectivity index (χ0v) is 14.1. The molecule has 8 heteroatoms. The molecule has 2 fully saturated rings. The van der Waals surface area contributed by atoms with Crippen molar-refractivity contribution in [1.82, 2.24) is 9.29 Å². The van der Waals surface area contributed by atoms with Gasteiger partial charge in [-0.05, 0) is 37.5 Å². The summed E-state index contributed by atoms with van der Waals surface area (Å²) in [5.41, 5.74) is 0.221. The molecule has 2 aliphatic rings. The van der Waals surface area contributed by atoms with Crippen molar-refractivity contribution in [3.8, 4) is 11.8 Å². The summed E-state index contributed by atoms with van der Waals surface area (Å²) in [4.78, 5) is 4.29. The van der Waals surface area contributed by atoms with Crippen molar-refractivity contribution >= 4 is 10.2 Å². The summed E-state index contributed by atoms with van der Waals surface area (Å²) in [6, 6.07) is 5.49. The van der Waals surface area contributed by atoms with Crippen LogP contribution in [-0.4, -0.2) is 44.0 Å². The van der Waals surface area contributed by atoms with Crippen LogP contribution < -0.4 is 14.6 Å². The molecule has 1 atom stereocenters. The third kappa shape index (κ3) is 3.76. The first kappa shape index (κ1) is 16.5. The third-order valence-electron chi connectivity index (χ3n) is 4.86. The maximum absolute atomic E-state index is 11.4. The minimum absolute atomic E-state index is 0.221. The lowest BCUT2D eigenvalue weighted by Gasteiger charge is -2.30. The average molecular weight is 341 g/mol. The van der Waals surface area contributed by atoms with E-state index >= 15 is 0 Å². The van der Waals surface area contributed by atoms with E-state index in [0.717, 1.165) is 19.3 Å². The van der Waals surface area contributed by atoms with Crippen LogP contribution in [0.1, 0.15) is 26.2 Å². The number of nitrogens with zero attached hydrogens (tertiary/aromatic N) is 2. The number of hydrogen-bond donors (Lipinski definition) is 1. The van der Waals surface area contributed by atoms with Gasteiger partial charge >= 0.3 is 0 Å². The molecule has 1 spiro atoms. The highest BCUT2D eigenvalue weighted by Crippen LogP contribution is 2.59. The lowest BCUT2D eigenvalue weighted by molar-refractivity contribution is 0.204. The normalized spacial score (nSPS) is 23.7. The van der Waals surface area contributed by atoms with Crippen molar-refractivity contribution in [3.05, 3.63) is 18.2 Å². The van der Waals surface area contributed by atoms with Crippen molar-refractivity contribution in [2.45, 2.75) is 26.2 Å². The number of hydrogen-bond acceptors (Lipinski definition) is 5. The number of pyridine rings is 1. The molecule has 0 unspecified atom stereocenters. The van der Waals surface area contributed by atoms with Gasteiger partial charge in [-0.25, -0.2) is 5.14 Å². The fraction of sp³-hybridized carbons (Fsp3) is 0.667. The van der Waals surface area contributed by atoms with Gasteiger partial charge in [-0.2, -0.15) is 17.7 Å². The standard InChI is InChI=1S/C15H23N3O4S/c1-2-21-13-4-3-5-14(17-13)22-11-12-10-15(12)6-8-18(9-7-15)23(16,19)20/h3-5,12H,2,6-11H2,1H3,(H2,16,19,20)/t12-/m0/s1. The van der Waals surface area contributed by atoms with Crippen LogP contribution in [0, 0.1) is 11.3 Å². The van der Waals surface area contributed by atoms with Crippen LogP contribution in [-0.2, 0) is 10.2 Å². The van der Waals surface area contributed by atoms with E-state index in [2.05, 4.69) is 4.98 Å². The van der Waals surface area contributed by atoms with Crippen molar-refractivity contribution in [1.29, 1.82) is 0 Å². The largest absolute Gasteiger partial charge is 0.478 e. The second kappa shape index (κ2) is 6.26. The van der Waals surface area contributed by atoms with E-state index in [-0.39, 0.29) is 5.41 Å². The molecule has 1 saturated heterocycles. The Labute approximate surface area is 137 Å². The highest BCUT2D eigenvalue weighted by molar-refractivity contribution is 7.86. The number of piperidine rings is 1. The average Bonchev–Trinajstić information content (AvgIpc) is 3.17. The van der Waals surface area contributed by atoms with Gasteiger partial charge in [0.2, 0.25) is 11.8 Å². The summed E-state index contributed by atoms with van der Waals surface area (Å²) in [6.07, 6.45) is 2.78. The van der Waals surface area contributed by atoms with Crippen LogP contribution in [0.2, 0.25) is 0 Å². The second-order valence-electron chi connectivity index (χ2n) is 6.27. The summed E-state index contributed by atoms with van der Waals surface area (Å²) < 4.78 is 35.2. The Bertz CT molecular complexity index is 656. The Balaban J connectivity index is 1.50. The maximum atomic E-state index is 11.4. The van der Waals surface area contributed by atoms with E-state index < -0.39 is 10.2 Å². The van der Waals surface area contributed by atoms with Crippen molar-refractivity contribution in [2.24, 2.45) is 16.5 Å². The second-order valence-corrected chi connectivity index (χ2v) is 7.81. The van der Waals surface area contributed by atoms with Gasteiger partial charge in [-0.3, -0.25) is 0 Å². The molecule has 1 aliphatic carbocycles. The summed E-state index contributed by atoms with van der Waals surface area (Å²) in [5, 5.41) is 5.18. The quantitative estimate of drug-likeness (QED) is 0.838. The Hall–Kier alpha value is -1.38. The van der Waals surface area contributed by atoms with E-state index in [1.54, 1.807) is 6.07 Å². The highest BCUT2D eigenvalue weighted by atomic mass is 32.2. The Morgan fingerprint density at radius 3 is 2.57 bits per heavy atom. The van der Waals surface area contributed by atoms with E-state index in [9.17, 15) is 8.42 Å². The zero-order valence-electron chi connectivity index (χ0n) is 13.3. The van der Waals surface area contributed by atoms with E-state index in [1.807, 2.05) is 19.1 Å². The van der Waals surface area contributed by atoms with Crippen LogP contribution >= 0.6 is 0 Å². The number of aromatic nitrogens is 1. The van der Waals surface area contributed by atoms with E-state index in [4.69, 9.17) is 14.6 Å². The van der Waals surface area contributed by atoms with Crippen LogP contribution in [0.4, 0.5) is 0 Å². The number of nitrogens with two attached hydrogens (primary N) is 1. The molecule has 0 radical (unpaired) electrons. The lowest BCUT2D eigenvalue weighted by atomic mass is 9.92. The van der Waals surface area contributed by atoms with Gasteiger partial charge in [0.15, 0.2) is 0 Å². The Morgan fingerprint density at radius 1 is 1.30 bits per heavy atom. The van der Waals surface area contributed by atoms with Gasteiger partial charge in [0, 0.05) is 25.2 Å². The molecule has 3 rings (SSSR count). The minimum atomic E-state index is -3.55. The first-order valence-corrected chi connectivity index (χ1v) is 9.44. The molecule has 0 amide bonds. The minimum Gasteiger partial charge on any atom is -0.478 e. The summed E-state index contributed by atoms with van der Waals surface area (Å²) in [6.45, 7) is 4.11. The van der Waals surface area contributed by atoms with Crippen molar-refractivity contribution < 1.29 is 17.9 Å². The molecule has 2 heterocycles. The van der Waals surface area contributed by atoms with Crippen LogP contribution in [0.5, 0.6) is 11.8 Å². The molecule has 1 saturated carbocycles. The molecular weight excluding hydrogens is 318 g/mol. The fourth-order valence-electron chi connectivity index (χ4n) is 3.36. The Morgan fingerprint density at radius 2 is 1.96 bits per heavy atom. The molecule has 128 valence electrons. The van der Waals surface area contributed by atoms with Gasteiger partial charge in [0.05, 0.1) is 13.2 Å². The topological polar surface area (TPSA) is 94.7 Å². The van der Waals surface area contributed by atoms with Gasteiger partial charge < -0.3 is 9.47 Å². The Kier molecular flexibility index (Phi) is 4.48. The van der Waals surface area contributed by atoms with Gasteiger partial charge in [0.25, 0.3) is 10.2 Å². The van der Waals surface area contributed by atoms with Crippen LogP contribution in [0.15, 0.2) is 18.2 Å². The molecule has 0 aromatic carbocycles. The fourth-order valence-corrected chi connectivity index (χ4v) is 4.05. The molecule has 23 heavy (non-hydrogen) atoms. The molecule has 7 nitrogen and oxygen atoms in total. The summed E-state index contributed by atoms with van der Waals surface area (Å²) in [5.74, 6) is 1.60. The number of rotatable bonds is 6. The summed E-state index contributed by atoms with van der Waals surface area (Å²) >= 11 is 0. The molecule has 1 aromatic heterocycles. The molecule has 1 aromatic rings. The third-order valence-corrected chi connectivity index (χ3v) is 5.94. The highest BCUT2D eigenvalue weighted by Gasteiger charge is 2.55. The van der Waals surface area contributed by atoms with Crippen LogP contribution in [0.25, 0.3) is 0 Å². The molecule has 1 aliphatic heterocycles. The van der Waals surface area contributed by atoms with Gasteiger partial charge in [-0.15, -0.1) is 0 Å².